The summed E-state index contributed by atoms with van der Waals surface area (Å²) in [6.45, 7) is 1.16. The fourth-order valence-corrected chi connectivity index (χ4v) is 1.96. The third kappa shape index (κ3) is 2.50. The summed E-state index contributed by atoms with van der Waals surface area (Å²) in [5.41, 5.74) is 0.920. The number of aliphatic hydroxyl groups is 1. The Bertz CT molecular complexity index is 481. The van der Waals surface area contributed by atoms with Crippen molar-refractivity contribution in [3.63, 3.8) is 0 Å². The van der Waals surface area contributed by atoms with Gasteiger partial charge in [0.25, 0.3) is 5.91 Å². The van der Waals surface area contributed by atoms with Gasteiger partial charge in [0.05, 0.1) is 37.5 Å². The van der Waals surface area contributed by atoms with E-state index >= 15 is 0 Å². The van der Waals surface area contributed by atoms with E-state index in [9.17, 15) is 9.90 Å². The zero-order chi connectivity index (χ0) is 13.0. The van der Waals surface area contributed by atoms with Crippen LogP contribution in [0.15, 0.2) is 24.3 Å². The van der Waals surface area contributed by atoms with Crippen LogP contribution >= 0.6 is 0 Å². The van der Waals surface area contributed by atoms with E-state index in [0.717, 1.165) is 0 Å². The Morgan fingerprint density at radius 1 is 1.61 bits per heavy atom. The lowest BCUT2D eigenvalue weighted by Gasteiger charge is -2.34. The molecule has 18 heavy (non-hydrogen) atoms. The van der Waals surface area contributed by atoms with Crippen LogP contribution in [0.2, 0.25) is 0 Å². The van der Waals surface area contributed by atoms with Crippen LogP contribution in [-0.4, -0.2) is 48.3 Å². The van der Waals surface area contributed by atoms with Gasteiger partial charge < -0.3 is 14.7 Å². The zero-order valence-corrected chi connectivity index (χ0v) is 9.87. The lowest BCUT2D eigenvalue weighted by atomic mass is 10.1. The number of rotatable bonds is 2. The Hall–Kier alpha value is -1.90. The zero-order valence-electron chi connectivity index (χ0n) is 9.87. The van der Waals surface area contributed by atoms with Crippen LogP contribution in [0.25, 0.3) is 0 Å². The number of amides is 1. The van der Waals surface area contributed by atoms with Gasteiger partial charge in [0.15, 0.2) is 0 Å². The van der Waals surface area contributed by atoms with Crippen molar-refractivity contribution in [2.45, 2.75) is 6.04 Å². The van der Waals surface area contributed by atoms with Crippen molar-refractivity contribution >= 4 is 5.91 Å². The monoisotopic (exact) mass is 246 g/mol. The number of carbonyl (C=O) groups is 1. The fraction of sp³-hybridized carbons (Fsp3) is 0.385. The van der Waals surface area contributed by atoms with Crippen molar-refractivity contribution < 1.29 is 14.6 Å². The maximum Gasteiger partial charge on any atom is 0.254 e. The third-order valence-electron chi connectivity index (χ3n) is 2.94. The molecule has 0 bridgehead atoms. The number of morpholine rings is 1. The minimum Gasteiger partial charge on any atom is -0.394 e. The number of nitriles is 1. The minimum absolute atomic E-state index is 0.121. The SMILES string of the molecule is N#Cc1cccc(C(=O)N2CCOCC2CO)c1. The van der Waals surface area contributed by atoms with Gasteiger partial charge in [0.2, 0.25) is 0 Å². The summed E-state index contributed by atoms with van der Waals surface area (Å²) in [7, 11) is 0. The molecule has 0 aliphatic carbocycles. The molecule has 1 fully saturated rings. The summed E-state index contributed by atoms with van der Waals surface area (Å²) >= 11 is 0. The number of benzene rings is 1. The predicted octanol–water partition coefficient (Wildman–Crippen LogP) is 0.392. The van der Waals surface area contributed by atoms with Gasteiger partial charge in [-0.05, 0) is 18.2 Å². The van der Waals surface area contributed by atoms with E-state index in [4.69, 9.17) is 10.00 Å². The molecular weight excluding hydrogens is 232 g/mol. The number of ether oxygens (including phenoxy) is 1. The van der Waals surface area contributed by atoms with Crippen LogP contribution in [0, 0.1) is 11.3 Å². The van der Waals surface area contributed by atoms with E-state index in [0.29, 0.717) is 30.9 Å². The van der Waals surface area contributed by atoms with Crippen molar-refractivity contribution in [1.82, 2.24) is 4.90 Å². The molecule has 1 saturated heterocycles. The number of nitrogens with zero attached hydrogens (tertiary/aromatic N) is 2. The normalized spacial score (nSPS) is 19.3. The molecule has 0 spiro atoms. The lowest BCUT2D eigenvalue weighted by molar-refractivity contribution is -0.0183. The molecule has 1 aliphatic rings. The molecule has 1 aromatic carbocycles. The summed E-state index contributed by atoms with van der Waals surface area (Å²) < 4.78 is 5.23. The van der Waals surface area contributed by atoms with Crippen LogP contribution in [0.5, 0.6) is 0 Å². The lowest BCUT2D eigenvalue weighted by Crippen LogP contribution is -2.50. The first-order valence-electron chi connectivity index (χ1n) is 5.76. The Kier molecular flexibility index (Phi) is 3.92. The van der Waals surface area contributed by atoms with Gasteiger partial charge in [-0.15, -0.1) is 0 Å². The molecule has 0 radical (unpaired) electrons. The molecule has 94 valence electrons. The Labute approximate surface area is 105 Å². The van der Waals surface area contributed by atoms with E-state index in [1.54, 1.807) is 29.2 Å². The Morgan fingerprint density at radius 2 is 2.44 bits per heavy atom. The maximum absolute atomic E-state index is 12.3. The van der Waals surface area contributed by atoms with Gasteiger partial charge in [-0.2, -0.15) is 5.26 Å². The predicted molar refractivity (Wildman–Crippen MR) is 63.9 cm³/mol. The van der Waals surface area contributed by atoms with Gasteiger partial charge in [-0.3, -0.25) is 4.79 Å². The van der Waals surface area contributed by atoms with E-state index < -0.39 is 0 Å². The third-order valence-corrected chi connectivity index (χ3v) is 2.94. The standard InChI is InChI=1S/C13H14N2O3/c14-7-10-2-1-3-11(6-10)13(17)15-4-5-18-9-12(15)8-16/h1-3,6,12,16H,4-5,8-9H2. The van der Waals surface area contributed by atoms with Crippen LogP contribution in [0.4, 0.5) is 0 Å². The Morgan fingerprint density at radius 3 is 3.17 bits per heavy atom. The first-order chi connectivity index (χ1) is 8.76. The molecule has 1 heterocycles. The van der Waals surface area contributed by atoms with Gasteiger partial charge in [-0.1, -0.05) is 6.07 Å². The summed E-state index contributed by atoms with van der Waals surface area (Å²) in [6, 6.07) is 8.27. The summed E-state index contributed by atoms with van der Waals surface area (Å²) in [6.07, 6.45) is 0. The molecule has 5 heteroatoms. The molecular formula is C13H14N2O3. The first kappa shape index (κ1) is 12.6. The second kappa shape index (κ2) is 5.63. The number of carbonyl (C=O) groups excluding carboxylic acids is 1. The van der Waals surface area contributed by atoms with Crippen molar-refractivity contribution in [3.05, 3.63) is 35.4 Å². The van der Waals surface area contributed by atoms with E-state index in [1.807, 2.05) is 6.07 Å². The van der Waals surface area contributed by atoms with Crippen LogP contribution in [-0.2, 0) is 4.74 Å². The average molecular weight is 246 g/mol. The molecule has 1 amide bonds. The van der Waals surface area contributed by atoms with Gasteiger partial charge >= 0.3 is 0 Å². The summed E-state index contributed by atoms with van der Waals surface area (Å²) in [5.74, 6) is -0.172. The van der Waals surface area contributed by atoms with Crippen molar-refractivity contribution in [3.8, 4) is 6.07 Å². The van der Waals surface area contributed by atoms with Crippen LogP contribution < -0.4 is 0 Å². The van der Waals surface area contributed by atoms with Crippen molar-refractivity contribution in [1.29, 1.82) is 5.26 Å². The van der Waals surface area contributed by atoms with E-state index in [2.05, 4.69) is 0 Å². The van der Waals surface area contributed by atoms with Gasteiger partial charge in [-0.25, -0.2) is 0 Å². The molecule has 1 atom stereocenters. The van der Waals surface area contributed by atoms with Crippen molar-refractivity contribution in [2.24, 2.45) is 0 Å². The molecule has 1 unspecified atom stereocenters. The average Bonchev–Trinajstić information content (AvgIpc) is 2.46. The molecule has 0 aromatic heterocycles. The smallest absolute Gasteiger partial charge is 0.254 e. The number of hydrogen-bond donors (Lipinski definition) is 1. The molecule has 1 aromatic rings. The second-order valence-corrected chi connectivity index (χ2v) is 4.10. The number of aliphatic hydroxyl groups excluding tert-OH is 1. The maximum atomic E-state index is 12.3. The highest BCUT2D eigenvalue weighted by molar-refractivity contribution is 5.94. The highest BCUT2D eigenvalue weighted by atomic mass is 16.5. The summed E-state index contributed by atoms with van der Waals surface area (Å²) in [5, 5.41) is 18.0. The van der Waals surface area contributed by atoms with Gasteiger partial charge in [0.1, 0.15) is 0 Å². The molecule has 1 N–H and O–H groups in total. The number of hydrogen-bond acceptors (Lipinski definition) is 4. The molecule has 2 rings (SSSR count). The quantitative estimate of drug-likeness (QED) is 0.819. The van der Waals surface area contributed by atoms with E-state index in [1.165, 1.54) is 0 Å². The fourth-order valence-electron chi connectivity index (χ4n) is 1.96. The van der Waals surface area contributed by atoms with Crippen LogP contribution in [0.3, 0.4) is 0 Å². The molecule has 5 nitrogen and oxygen atoms in total. The van der Waals surface area contributed by atoms with Gasteiger partial charge in [0, 0.05) is 12.1 Å². The second-order valence-electron chi connectivity index (χ2n) is 4.10. The largest absolute Gasteiger partial charge is 0.394 e. The highest BCUT2D eigenvalue weighted by Crippen LogP contribution is 2.13. The summed E-state index contributed by atoms with van der Waals surface area (Å²) in [4.78, 5) is 13.9. The van der Waals surface area contributed by atoms with Crippen molar-refractivity contribution in [2.75, 3.05) is 26.4 Å². The van der Waals surface area contributed by atoms with E-state index in [-0.39, 0.29) is 18.6 Å². The first-order valence-corrected chi connectivity index (χ1v) is 5.76. The Balaban J connectivity index is 2.21. The topological polar surface area (TPSA) is 73.6 Å². The minimum atomic E-state index is -0.308. The van der Waals surface area contributed by atoms with Crippen LogP contribution in [0.1, 0.15) is 15.9 Å². The highest BCUT2D eigenvalue weighted by Gasteiger charge is 2.27. The molecule has 1 aliphatic heterocycles. The molecule has 0 saturated carbocycles.